The Labute approximate surface area is 194 Å². The highest BCUT2D eigenvalue weighted by Gasteiger charge is 2.48. The lowest BCUT2D eigenvalue weighted by atomic mass is 9.73. The van der Waals surface area contributed by atoms with Crippen LogP contribution in [0.1, 0.15) is 54.7 Å². The molecular weight excluding hydrogens is 410 g/mol. The Balaban J connectivity index is 1.21. The molecule has 1 aliphatic carbocycles. The molecule has 1 N–H and O–H groups in total. The van der Waals surface area contributed by atoms with Gasteiger partial charge in [0.2, 0.25) is 0 Å². The number of hydrogen-bond acceptors (Lipinski definition) is 3. The van der Waals surface area contributed by atoms with E-state index in [1.165, 1.54) is 22.3 Å². The van der Waals surface area contributed by atoms with Crippen LogP contribution in [0.5, 0.6) is 0 Å². The second-order valence-electron chi connectivity index (χ2n) is 9.76. The van der Waals surface area contributed by atoms with Gasteiger partial charge in [-0.25, -0.2) is 4.79 Å². The molecule has 2 heterocycles. The molecule has 2 aliphatic heterocycles. The summed E-state index contributed by atoms with van der Waals surface area (Å²) < 4.78 is 5.99. The molecular formula is C29H29NO3. The molecule has 2 unspecified atom stereocenters. The van der Waals surface area contributed by atoms with E-state index < -0.39 is 5.60 Å². The van der Waals surface area contributed by atoms with Crippen LogP contribution in [0.4, 0.5) is 4.79 Å². The fourth-order valence-electron chi connectivity index (χ4n) is 6.38. The van der Waals surface area contributed by atoms with Crippen LogP contribution in [0.15, 0.2) is 78.9 Å². The van der Waals surface area contributed by atoms with Crippen LogP contribution in [0.2, 0.25) is 0 Å². The summed E-state index contributed by atoms with van der Waals surface area (Å²) in [6, 6.07) is 26.8. The normalized spacial score (nSPS) is 25.9. The van der Waals surface area contributed by atoms with Gasteiger partial charge in [-0.1, -0.05) is 78.9 Å². The maximum absolute atomic E-state index is 13.4. The van der Waals surface area contributed by atoms with Crippen LogP contribution in [0.25, 0.3) is 11.1 Å². The van der Waals surface area contributed by atoms with Gasteiger partial charge in [-0.3, -0.25) is 0 Å². The average molecular weight is 440 g/mol. The first-order valence-corrected chi connectivity index (χ1v) is 12.1. The Morgan fingerprint density at radius 3 is 2.00 bits per heavy atom. The second-order valence-corrected chi connectivity index (χ2v) is 9.76. The maximum atomic E-state index is 13.4. The molecule has 3 aromatic carbocycles. The molecule has 6 rings (SSSR count). The zero-order valence-electron chi connectivity index (χ0n) is 18.7. The molecule has 168 valence electrons. The van der Waals surface area contributed by atoms with Gasteiger partial charge in [-0.05, 0) is 47.1 Å². The number of carbonyl (C=O) groups is 1. The van der Waals surface area contributed by atoms with E-state index in [4.69, 9.17) is 4.74 Å². The zero-order valence-corrected chi connectivity index (χ0v) is 18.7. The number of piperidine rings is 2. The third-order valence-electron chi connectivity index (χ3n) is 7.87. The van der Waals surface area contributed by atoms with Gasteiger partial charge in [-0.2, -0.15) is 0 Å². The van der Waals surface area contributed by atoms with Crippen molar-refractivity contribution in [1.82, 2.24) is 4.90 Å². The highest BCUT2D eigenvalue weighted by atomic mass is 16.6. The van der Waals surface area contributed by atoms with Crippen LogP contribution >= 0.6 is 0 Å². The van der Waals surface area contributed by atoms with Crippen molar-refractivity contribution in [1.29, 1.82) is 0 Å². The van der Waals surface area contributed by atoms with Gasteiger partial charge in [0.15, 0.2) is 0 Å². The third-order valence-corrected chi connectivity index (χ3v) is 7.87. The molecule has 3 aromatic rings. The molecule has 0 aromatic heterocycles. The number of amides is 1. The number of ether oxygens (including phenoxy) is 1. The van der Waals surface area contributed by atoms with E-state index in [9.17, 15) is 9.90 Å². The Morgan fingerprint density at radius 1 is 0.848 bits per heavy atom. The zero-order chi connectivity index (χ0) is 22.4. The second kappa shape index (κ2) is 8.03. The summed E-state index contributed by atoms with van der Waals surface area (Å²) in [5, 5.41) is 11.5. The first-order chi connectivity index (χ1) is 16.1. The summed E-state index contributed by atoms with van der Waals surface area (Å²) in [4.78, 5) is 15.3. The van der Waals surface area contributed by atoms with Gasteiger partial charge in [0.05, 0.1) is 5.60 Å². The molecule has 4 heteroatoms. The van der Waals surface area contributed by atoms with Crippen LogP contribution in [0.3, 0.4) is 0 Å². The van der Waals surface area contributed by atoms with Crippen molar-refractivity contribution in [3.8, 4) is 11.1 Å². The molecule has 0 spiro atoms. The molecule has 2 saturated heterocycles. The van der Waals surface area contributed by atoms with Crippen molar-refractivity contribution in [3.05, 3.63) is 95.6 Å². The smallest absolute Gasteiger partial charge is 0.410 e. The van der Waals surface area contributed by atoms with Gasteiger partial charge in [-0.15, -0.1) is 0 Å². The lowest BCUT2D eigenvalue weighted by molar-refractivity contribution is -0.0891. The minimum atomic E-state index is -0.878. The molecule has 2 fully saturated rings. The number of nitrogens with zero attached hydrogens (tertiary/aromatic N) is 1. The van der Waals surface area contributed by atoms with Crippen LogP contribution < -0.4 is 0 Å². The third kappa shape index (κ3) is 3.44. The minimum absolute atomic E-state index is 0.0124. The fraction of sp³-hybridized carbons (Fsp3) is 0.345. The SMILES string of the molecule is O=C(OCC1c2ccccc2-c2ccccc21)N1C2CCCC1CC(O)(c1ccccc1)C2. The monoisotopic (exact) mass is 439 g/mol. The molecule has 0 saturated carbocycles. The summed E-state index contributed by atoms with van der Waals surface area (Å²) in [6.45, 7) is 0.339. The number of benzene rings is 3. The number of aliphatic hydroxyl groups is 1. The number of fused-ring (bicyclic) bond motifs is 5. The van der Waals surface area contributed by atoms with Crippen LogP contribution in [-0.4, -0.2) is 34.8 Å². The number of hydrogen-bond donors (Lipinski definition) is 1. The van der Waals surface area contributed by atoms with Crippen LogP contribution in [0, 0.1) is 0 Å². The van der Waals surface area contributed by atoms with E-state index in [1.54, 1.807) is 0 Å². The molecule has 2 atom stereocenters. The van der Waals surface area contributed by atoms with Gasteiger partial charge in [0.1, 0.15) is 6.61 Å². The fourth-order valence-corrected chi connectivity index (χ4v) is 6.38. The standard InChI is InChI=1S/C29H29NO3/c31-28(33-19-27-25-15-6-4-13-23(25)24-14-5-7-16-26(24)27)30-21-11-8-12-22(30)18-29(32,17-21)20-9-2-1-3-10-20/h1-7,9-10,13-16,21-22,27,32H,8,11-12,17-19H2. The predicted molar refractivity (Wildman–Crippen MR) is 128 cm³/mol. The highest BCUT2D eigenvalue weighted by Crippen LogP contribution is 2.46. The summed E-state index contributed by atoms with van der Waals surface area (Å²) >= 11 is 0. The van der Waals surface area contributed by atoms with Crippen molar-refractivity contribution >= 4 is 6.09 Å². The molecule has 33 heavy (non-hydrogen) atoms. The molecule has 2 bridgehead atoms. The first kappa shape index (κ1) is 20.5. The Hall–Kier alpha value is -3.11. The van der Waals surface area contributed by atoms with E-state index in [0.717, 1.165) is 24.8 Å². The quantitative estimate of drug-likeness (QED) is 0.558. The topological polar surface area (TPSA) is 49.8 Å². The minimum Gasteiger partial charge on any atom is -0.448 e. The van der Waals surface area contributed by atoms with E-state index in [2.05, 4.69) is 48.5 Å². The summed E-state index contributed by atoms with van der Waals surface area (Å²) in [7, 11) is 0. The van der Waals surface area contributed by atoms with Crippen LogP contribution in [-0.2, 0) is 10.3 Å². The van der Waals surface area contributed by atoms with E-state index >= 15 is 0 Å². The molecule has 0 radical (unpaired) electrons. The van der Waals surface area contributed by atoms with Crippen molar-refractivity contribution in [2.24, 2.45) is 0 Å². The number of rotatable bonds is 3. The highest BCUT2D eigenvalue weighted by molar-refractivity contribution is 5.79. The van der Waals surface area contributed by atoms with Crippen molar-refractivity contribution < 1.29 is 14.6 Å². The lowest BCUT2D eigenvalue weighted by Crippen LogP contribution is -2.59. The summed E-state index contributed by atoms with van der Waals surface area (Å²) in [5.74, 6) is 0.0623. The van der Waals surface area contributed by atoms with Gasteiger partial charge < -0.3 is 14.7 Å². The van der Waals surface area contributed by atoms with Gasteiger partial charge >= 0.3 is 6.09 Å². The van der Waals surface area contributed by atoms with E-state index in [1.807, 2.05) is 35.2 Å². The predicted octanol–water partition coefficient (Wildman–Crippen LogP) is 5.84. The molecule has 3 aliphatic rings. The largest absolute Gasteiger partial charge is 0.448 e. The van der Waals surface area contributed by atoms with Gasteiger partial charge in [0.25, 0.3) is 0 Å². The summed E-state index contributed by atoms with van der Waals surface area (Å²) in [6.07, 6.45) is 3.82. The Morgan fingerprint density at radius 2 is 1.39 bits per heavy atom. The lowest BCUT2D eigenvalue weighted by Gasteiger charge is -2.51. The van der Waals surface area contributed by atoms with Crippen molar-refractivity contribution in [2.75, 3.05) is 6.61 Å². The summed E-state index contributed by atoms with van der Waals surface area (Å²) in [5.41, 5.74) is 4.99. The molecule has 1 amide bonds. The van der Waals surface area contributed by atoms with E-state index in [0.29, 0.717) is 19.4 Å². The average Bonchev–Trinajstić information content (AvgIpc) is 3.16. The first-order valence-electron chi connectivity index (χ1n) is 12.1. The maximum Gasteiger partial charge on any atom is 0.410 e. The Kier molecular flexibility index (Phi) is 4.99. The van der Waals surface area contributed by atoms with E-state index in [-0.39, 0.29) is 24.1 Å². The van der Waals surface area contributed by atoms with Crippen molar-refractivity contribution in [2.45, 2.75) is 55.7 Å². The number of carbonyl (C=O) groups excluding carboxylic acids is 1. The van der Waals surface area contributed by atoms with Crippen molar-refractivity contribution in [3.63, 3.8) is 0 Å². The van der Waals surface area contributed by atoms with Gasteiger partial charge in [0, 0.05) is 30.8 Å². The molecule has 4 nitrogen and oxygen atoms in total. The Bertz CT molecular complexity index is 1110.